The van der Waals surface area contributed by atoms with Gasteiger partial charge in [-0.25, -0.2) is 17.7 Å². The van der Waals surface area contributed by atoms with Gasteiger partial charge in [-0.15, -0.1) is 0 Å². The summed E-state index contributed by atoms with van der Waals surface area (Å²) in [6.45, 7) is 15.6. The minimum atomic E-state index is -0.365. The molecule has 0 atom stereocenters. The largest absolute Gasteiger partial charge is 4.00 e. The molecule has 0 bridgehead atoms. The van der Waals surface area contributed by atoms with Crippen LogP contribution in [0.4, 0.5) is 0 Å². The van der Waals surface area contributed by atoms with Crippen LogP contribution < -0.4 is 37.2 Å². The second kappa shape index (κ2) is 14.8. The molecule has 0 aliphatic heterocycles. The molecule has 1 aliphatic carbocycles. The smallest absolute Gasteiger partial charge is 1.00 e. The van der Waals surface area contributed by atoms with Gasteiger partial charge in [0, 0.05) is 5.41 Å². The number of benzene rings is 3. The van der Waals surface area contributed by atoms with Crippen molar-refractivity contribution in [2.45, 2.75) is 73.1 Å². The van der Waals surface area contributed by atoms with Crippen molar-refractivity contribution in [2.75, 3.05) is 0 Å². The van der Waals surface area contributed by atoms with Gasteiger partial charge in [0.05, 0.1) is 0 Å². The zero-order valence-corrected chi connectivity index (χ0v) is 26.9. The predicted octanol–water partition coefficient (Wildman–Crippen LogP) is -0.259. The molecule has 1 aliphatic rings. The summed E-state index contributed by atoms with van der Waals surface area (Å²) in [5.74, 6) is 0. The van der Waals surface area contributed by atoms with E-state index in [1.54, 1.807) is 0 Å². The molecule has 0 radical (unpaired) electrons. The van der Waals surface area contributed by atoms with Gasteiger partial charge in [0.2, 0.25) is 0 Å². The zero-order valence-electron chi connectivity index (χ0n) is 23.0. The molecule has 0 spiro atoms. The average Bonchev–Trinajstić information content (AvgIpc) is 3.15. The molecular formula is C33H37Cl3Ti. The van der Waals surface area contributed by atoms with Gasteiger partial charge in [-0.3, -0.25) is 0 Å². The summed E-state index contributed by atoms with van der Waals surface area (Å²) in [7, 11) is 0. The summed E-state index contributed by atoms with van der Waals surface area (Å²) in [6.07, 6.45) is 9.51. The van der Waals surface area contributed by atoms with Crippen LogP contribution in [0, 0.1) is 47.6 Å². The van der Waals surface area contributed by atoms with Crippen molar-refractivity contribution in [3.05, 3.63) is 128 Å². The summed E-state index contributed by atoms with van der Waals surface area (Å²) in [5.41, 5.74) is 14.3. The third kappa shape index (κ3) is 7.43. The molecule has 194 valence electrons. The molecule has 4 heteroatoms. The Hall–Kier alpha value is -1.28. The minimum Gasteiger partial charge on any atom is -1.00 e. The van der Waals surface area contributed by atoms with E-state index < -0.39 is 0 Å². The molecule has 0 saturated carbocycles. The number of halogens is 3. The molecular weight excluding hydrogens is 551 g/mol. The number of allylic oxidation sites excluding steroid dienone is 4. The van der Waals surface area contributed by atoms with Gasteiger partial charge in [0.15, 0.2) is 0 Å². The molecule has 3 aromatic carbocycles. The first-order valence-electron chi connectivity index (χ1n) is 12.3. The van der Waals surface area contributed by atoms with Gasteiger partial charge in [0.1, 0.15) is 0 Å². The van der Waals surface area contributed by atoms with Crippen molar-refractivity contribution >= 4 is 0 Å². The maximum atomic E-state index is 3.92. The van der Waals surface area contributed by atoms with E-state index in [1.165, 1.54) is 61.2 Å². The first kappa shape index (κ1) is 35.7. The fourth-order valence-electron chi connectivity index (χ4n) is 5.80. The van der Waals surface area contributed by atoms with Crippen LogP contribution in [0.2, 0.25) is 0 Å². The number of rotatable bonds is 6. The molecule has 0 nitrogen and oxygen atoms in total. The molecule has 0 fully saturated rings. The molecule has 0 N–H and O–H groups in total. The van der Waals surface area contributed by atoms with Crippen molar-refractivity contribution < 1.29 is 58.9 Å². The summed E-state index contributed by atoms with van der Waals surface area (Å²) in [4.78, 5) is 0. The summed E-state index contributed by atoms with van der Waals surface area (Å²) in [6, 6.07) is 21.2. The third-order valence-corrected chi connectivity index (χ3v) is 6.80. The SMILES string of the molecule is CCCC1=CCC(C(c2cc(C)cc(C)c2)(c2cc(C)cc(C)c2)c2cc(C)cc(C)c2)=[C-]1.[Cl-].[Cl-].[Cl-].[Ti+4]. The Labute approximate surface area is 258 Å². The fraction of sp³-hybridized carbons (Fsp3) is 0.333. The first-order chi connectivity index (χ1) is 15.7. The molecule has 0 unspecified atom stereocenters. The van der Waals surface area contributed by atoms with E-state index in [4.69, 9.17) is 0 Å². The Morgan fingerprint density at radius 1 is 0.595 bits per heavy atom. The van der Waals surface area contributed by atoms with Gasteiger partial charge in [-0.05, 0) is 58.2 Å². The first-order valence-corrected chi connectivity index (χ1v) is 12.3. The maximum Gasteiger partial charge on any atom is 4.00 e. The van der Waals surface area contributed by atoms with E-state index in [-0.39, 0.29) is 64.4 Å². The minimum absolute atomic E-state index is 0. The maximum absolute atomic E-state index is 3.92. The Morgan fingerprint density at radius 2 is 0.919 bits per heavy atom. The van der Waals surface area contributed by atoms with Crippen LogP contribution >= 0.6 is 0 Å². The molecule has 0 saturated heterocycles. The zero-order chi connectivity index (χ0) is 23.8. The van der Waals surface area contributed by atoms with Crippen molar-refractivity contribution in [3.8, 4) is 0 Å². The van der Waals surface area contributed by atoms with Crippen LogP contribution in [0.15, 0.2) is 71.8 Å². The van der Waals surface area contributed by atoms with Gasteiger partial charge in [-0.1, -0.05) is 114 Å². The van der Waals surface area contributed by atoms with Crippen LogP contribution in [-0.4, -0.2) is 0 Å². The third-order valence-electron chi connectivity index (χ3n) is 6.80. The van der Waals surface area contributed by atoms with E-state index in [0.29, 0.717) is 0 Å². The van der Waals surface area contributed by atoms with Crippen molar-refractivity contribution in [3.63, 3.8) is 0 Å². The number of hydrogen-bond acceptors (Lipinski definition) is 0. The standard InChI is InChI=1S/C33H37.3ClH.Ti/c1-8-9-28-10-11-29(21-28)33(30-15-22(2)12-23(3)16-30,31-17-24(4)13-25(5)18-31)32-19-26(6)14-27(7)20-32;;;;/h10,12-20H,8-9,11H2,1-7H3;3*1H;/q-1;;;;+4/p-3. The van der Waals surface area contributed by atoms with E-state index in [1.807, 2.05) is 0 Å². The van der Waals surface area contributed by atoms with E-state index in [0.717, 1.165) is 19.3 Å². The van der Waals surface area contributed by atoms with E-state index in [9.17, 15) is 0 Å². The predicted molar refractivity (Wildman–Crippen MR) is 142 cm³/mol. The molecule has 3 aromatic rings. The topological polar surface area (TPSA) is 0 Å². The summed E-state index contributed by atoms with van der Waals surface area (Å²) < 4.78 is 0. The van der Waals surface area contributed by atoms with Crippen molar-refractivity contribution in [1.82, 2.24) is 0 Å². The van der Waals surface area contributed by atoms with Crippen LogP contribution in [-0.2, 0) is 27.1 Å². The number of hydrogen-bond donors (Lipinski definition) is 0. The fourth-order valence-corrected chi connectivity index (χ4v) is 5.80. The van der Waals surface area contributed by atoms with Crippen molar-refractivity contribution in [1.29, 1.82) is 0 Å². The van der Waals surface area contributed by atoms with Gasteiger partial charge in [-0.2, -0.15) is 5.57 Å². The van der Waals surface area contributed by atoms with Gasteiger partial charge < -0.3 is 37.2 Å². The monoisotopic (exact) mass is 586 g/mol. The van der Waals surface area contributed by atoms with Crippen LogP contribution in [0.1, 0.15) is 76.3 Å². The van der Waals surface area contributed by atoms with Crippen LogP contribution in [0.25, 0.3) is 0 Å². The van der Waals surface area contributed by atoms with Crippen LogP contribution in [0.3, 0.4) is 0 Å². The normalized spacial score (nSPS) is 12.3. The summed E-state index contributed by atoms with van der Waals surface area (Å²) in [5, 5.41) is 0. The Balaban J connectivity index is 0.00000324. The second-order valence-corrected chi connectivity index (χ2v) is 10.2. The summed E-state index contributed by atoms with van der Waals surface area (Å²) >= 11 is 0. The Kier molecular flexibility index (Phi) is 14.3. The molecule has 0 amide bonds. The van der Waals surface area contributed by atoms with Crippen LogP contribution in [0.5, 0.6) is 0 Å². The molecule has 4 rings (SSSR count). The molecule has 0 heterocycles. The Bertz CT molecular complexity index is 1080. The quantitative estimate of drug-likeness (QED) is 0.212. The number of aryl methyl sites for hydroxylation is 6. The Morgan fingerprint density at radius 3 is 1.22 bits per heavy atom. The van der Waals surface area contributed by atoms with E-state index >= 15 is 0 Å². The molecule has 0 aromatic heterocycles. The average molecular weight is 588 g/mol. The van der Waals surface area contributed by atoms with Gasteiger partial charge in [0.25, 0.3) is 0 Å². The second-order valence-electron chi connectivity index (χ2n) is 10.2. The van der Waals surface area contributed by atoms with Gasteiger partial charge >= 0.3 is 21.7 Å². The van der Waals surface area contributed by atoms with Crippen molar-refractivity contribution in [2.24, 2.45) is 0 Å². The van der Waals surface area contributed by atoms with E-state index in [2.05, 4.69) is 115 Å². The molecule has 37 heavy (non-hydrogen) atoms.